The molecule has 1 fully saturated rings. The summed E-state index contributed by atoms with van der Waals surface area (Å²) in [4.78, 5) is 17.0. The number of pyridine rings is 1. The number of anilines is 1. The van der Waals surface area contributed by atoms with Crippen LogP contribution in [0.2, 0.25) is 0 Å². The number of aromatic amines is 1. The van der Waals surface area contributed by atoms with Gasteiger partial charge in [0.25, 0.3) is 5.56 Å². The Balaban J connectivity index is 1.46. The molecular formula is C25H27N7O3. The molecule has 0 bridgehead atoms. The fraction of sp³-hybridized carbons (Fsp3) is 0.280. The number of benzene rings is 1. The van der Waals surface area contributed by atoms with Gasteiger partial charge >= 0.3 is 0 Å². The Labute approximate surface area is 201 Å². The van der Waals surface area contributed by atoms with Gasteiger partial charge in [-0.2, -0.15) is 10.2 Å². The maximum atomic E-state index is 12.8. The molecule has 0 spiro atoms. The summed E-state index contributed by atoms with van der Waals surface area (Å²) in [7, 11) is 0. The summed E-state index contributed by atoms with van der Waals surface area (Å²) in [5.41, 5.74) is 7.70. The van der Waals surface area contributed by atoms with E-state index in [1.807, 2.05) is 36.4 Å². The Morgan fingerprint density at radius 2 is 1.97 bits per heavy atom. The van der Waals surface area contributed by atoms with Crippen molar-refractivity contribution >= 4 is 16.7 Å². The van der Waals surface area contributed by atoms with Gasteiger partial charge < -0.3 is 15.6 Å². The minimum atomic E-state index is -0.730. The second-order valence-electron chi connectivity index (χ2n) is 8.60. The quantitative estimate of drug-likeness (QED) is 0.237. The molecule has 3 heterocycles. The second kappa shape index (κ2) is 9.69. The summed E-state index contributed by atoms with van der Waals surface area (Å²) in [5, 5.41) is 24.8. The molecule has 3 aromatic heterocycles. The number of aromatic nitrogens is 5. The molecule has 10 heteroatoms. The van der Waals surface area contributed by atoms with Crippen molar-refractivity contribution in [3.8, 4) is 22.9 Å². The predicted molar refractivity (Wildman–Crippen MR) is 133 cm³/mol. The van der Waals surface area contributed by atoms with Gasteiger partial charge in [0.2, 0.25) is 5.88 Å². The largest absolute Gasteiger partial charge is 0.439 e. The molecule has 0 amide bonds. The highest BCUT2D eigenvalue weighted by Crippen LogP contribution is 2.36. The maximum absolute atomic E-state index is 12.8. The number of aliphatic hydroxyl groups is 1. The van der Waals surface area contributed by atoms with Gasteiger partial charge in [0.15, 0.2) is 5.82 Å². The summed E-state index contributed by atoms with van der Waals surface area (Å²) in [6, 6.07) is 13.1. The molecule has 0 radical (unpaired) electrons. The Morgan fingerprint density at radius 1 is 1.20 bits per heavy atom. The van der Waals surface area contributed by atoms with E-state index in [4.69, 9.17) is 15.6 Å². The van der Waals surface area contributed by atoms with Crippen molar-refractivity contribution < 1.29 is 9.84 Å². The van der Waals surface area contributed by atoms with Crippen molar-refractivity contribution in [1.29, 1.82) is 0 Å². The van der Waals surface area contributed by atoms with E-state index in [2.05, 4.69) is 27.1 Å². The van der Waals surface area contributed by atoms with Crippen LogP contribution in [0.4, 0.5) is 5.82 Å². The van der Waals surface area contributed by atoms with Gasteiger partial charge in [-0.3, -0.25) is 14.8 Å². The number of H-pyrrole nitrogens is 1. The van der Waals surface area contributed by atoms with Crippen LogP contribution < -0.4 is 21.3 Å². The van der Waals surface area contributed by atoms with Gasteiger partial charge in [0, 0.05) is 23.9 Å². The number of ether oxygens (including phenoxy) is 1. The topological polar surface area (TPSA) is 144 Å². The van der Waals surface area contributed by atoms with Crippen molar-refractivity contribution in [3.63, 3.8) is 0 Å². The Kier molecular flexibility index (Phi) is 6.30. The number of fused-ring (bicyclic) bond motifs is 1. The lowest BCUT2D eigenvalue weighted by Gasteiger charge is -2.30. The number of hydrogen-bond donors (Lipinski definition) is 4. The molecule has 180 valence electrons. The minimum Gasteiger partial charge on any atom is -0.439 e. The van der Waals surface area contributed by atoms with E-state index in [0.717, 1.165) is 31.2 Å². The van der Waals surface area contributed by atoms with Crippen LogP contribution in [0.15, 0.2) is 66.1 Å². The molecule has 1 atom stereocenters. The van der Waals surface area contributed by atoms with E-state index >= 15 is 0 Å². The molecule has 0 saturated heterocycles. The molecule has 35 heavy (non-hydrogen) atoms. The first-order chi connectivity index (χ1) is 17.0. The van der Waals surface area contributed by atoms with Crippen LogP contribution in [0.25, 0.3) is 22.2 Å². The van der Waals surface area contributed by atoms with E-state index in [1.165, 1.54) is 6.08 Å². The number of nitrogens with one attached hydrogen (secondary N) is 2. The maximum Gasteiger partial charge on any atom is 0.290 e. The Hall–Kier alpha value is -4.02. The van der Waals surface area contributed by atoms with Gasteiger partial charge in [-0.15, -0.1) is 0 Å². The smallest absolute Gasteiger partial charge is 0.290 e. The number of aliphatic hydroxyl groups excluding tert-OH is 1. The summed E-state index contributed by atoms with van der Waals surface area (Å²) in [5.74, 6) is 1.35. The lowest BCUT2D eigenvalue weighted by atomic mass is 9.91. The molecule has 5 N–H and O–H groups in total. The van der Waals surface area contributed by atoms with Crippen LogP contribution in [-0.2, 0) is 0 Å². The third-order valence-electron chi connectivity index (χ3n) is 6.32. The van der Waals surface area contributed by atoms with Crippen molar-refractivity contribution in [2.75, 3.05) is 5.73 Å². The van der Waals surface area contributed by atoms with Crippen molar-refractivity contribution in [3.05, 3.63) is 71.7 Å². The summed E-state index contributed by atoms with van der Waals surface area (Å²) in [6.07, 6.45) is 5.69. The highest BCUT2D eigenvalue weighted by Gasteiger charge is 2.28. The van der Waals surface area contributed by atoms with E-state index in [9.17, 15) is 9.90 Å². The molecule has 10 nitrogen and oxygen atoms in total. The fourth-order valence-electron chi connectivity index (χ4n) is 4.59. The third kappa shape index (κ3) is 4.66. The molecule has 1 unspecified atom stereocenters. The minimum absolute atomic E-state index is 0.0276. The van der Waals surface area contributed by atoms with Gasteiger partial charge in [0.05, 0.1) is 11.4 Å². The molecule has 0 aliphatic heterocycles. The average Bonchev–Trinajstić information content (AvgIpc) is 3.30. The van der Waals surface area contributed by atoms with Crippen LogP contribution in [0.1, 0.15) is 31.7 Å². The van der Waals surface area contributed by atoms with Crippen LogP contribution in [-0.4, -0.2) is 42.3 Å². The van der Waals surface area contributed by atoms with Crippen LogP contribution in [0.5, 0.6) is 11.6 Å². The first-order valence-corrected chi connectivity index (χ1v) is 11.6. The molecule has 4 aromatic rings. The van der Waals surface area contributed by atoms with Gasteiger partial charge in [0.1, 0.15) is 23.2 Å². The second-order valence-corrected chi connectivity index (χ2v) is 8.60. The van der Waals surface area contributed by atoms with E-state index in [1.54, 1.807) is 16.9 Å². The average molecular weight is 474 g/mol. The van der Waals surface area contributed by atoms with Crippen LogP contribution in [0, 0.1) is 0 Å². The van der Waals surface area contributed by atoms with Crippen molar-refractivity contribution in [2.45, 2.75) is 44.0 Å². The van der Waals surface area contributed by atoms with Gasteiger partial charge in [-0.1, -0.05) is 12.6 Å². The molecule has 5 rings (SSSR count). The third-order valence-corrected chi connectivity index (χ3v) is 6.32. The predicted octanol–water partition coefficient (Wildman–Crippen LogP) is 3.13. The molecular weight excluding hydrogens is 446 g/mol. The standard InChI is InChI=1S/C25H27N7O3/c1-2-19(33)28-16-8-10-17(11-9-16)32-23-21(24(26)29-30-25(23)34)22(31-32)15-6-12-18(13-7-15)35-20-5-3-4-14-27-20/h2-7,12-14,16-17,19,28,33H,1,8-11H2,(H2,26,29)(H,30,34). The van der Waals surface area contributed by atoms with E-state index in [0.29, 0.717) is 28.2 Å². The lowest BCUT2D eigenvalue weighted by molar-refractivity contribution is 0.147. The number of nitrogen functional groups attached to an aromatic ring is 1. The highest BCUT2D eigenvalue weighted by atomic mass is 16.5. The van der Waals surface area contributed by atoms with Crippen LogP contribution in [0.3, 0.4) is 0 Å². The Morgan fingerprint density at radius 3 is 2.66 bits per heavy atom. The monoisotopic (exact) mass is 473 g/mol. The normalized spacial score (nSPS) is 18.9. The SMILES string of the molecule is C=CC(O)NC1CCC(n2nc(-c3ccc(Oc4ccccn4)cc3)c3c(N)n[nH]c(=O)c32)CC1. The lowest BCUT2D eigenvalue weighted by Crippen LogP contribution is -2.39. The number of nitrogens with zero attached hydrogens (tertiary/aromatic N) is 4. The number of rotatable bonds is 7. The molecule has 1 saturated carbocycles. The summed E-state index contributed by atoms with van der Waals surface area (Å²) < 4.78 is 7.58. The Bertz CT molecular complexity index is 1370. The molecule has 1 aliphatic carbocycles. The zero-order valence-electron chi connectivity index (χ0n) is 19.1. The van der Waals surface area contributed by atoms with Gasteiger partial charge in [-0.05, 0) is 62.1 Å². The number of hydrogen-bond acceptors (Lipinski definition) is 8. The summed E-state index contributed by atoms with van der Waals surface area (Å²) >= 11 is 0. The first-order valence-electron chi connectivity index (χ1n) is 11.6. The first kappa shape index (κ1) is 22.8. The van der Waals surface area contributed by atoms with E-state index in [-0.39, 0.29) is 23.5 Å². The summed E-state index contributed by atoms with van der Waals surface area (Å²) in [6.45, 7) is 3.60. The van der Waals surface area contributed by atoms with Crippen LogP contribution >= 0.6 is 0 Å². The number of nitrogens with two attached hydrogens (primary N) is 1. The zero-order chi connectivity index (χ0) is 24.4. The highest BCUT2D eigenvalue weighted by molar-refractivity contribution is 5.99. The van der Waals surface area contributed by atoms with Crippen molar-refractivity contribution in [1.82, 2.24) is 30.3 Å². The van der Waals surface area contributed by atoms with Crippen molar-refractivity contribution in [2.24, 2.45) is 0 Å². The van der Waals surface area contributed by atoms with Gasteiger partial charge in [-0.25, -0.2) is 10.1 Å². The molecule has 1 aromatic carbocycles. The molecule has 1 aliphatic rings. The fourth-order valence-corrected chi connectivity index (χ4v) is 4.59. The zero-order valence-corrected chi connectivity index (χ0v) is 19.1. The van der Waals surface area contributed by atoms with E-state index < -0.39 is 6.23 Å².